The number of alkyl halides is 3. The predicted octanol–water partition coefficient (Wildman–Crippen LogP) is 8.46. The number of anilines is 2. The van der Waals surface area contributed by atoms with Crippen LogP contribution >= 0.6 is 31.9 Å². The number of halogens is 5. The summed E-state index contributed by atoms with van der Waals surface area (Å²) in [5.74, 6) is -0.556. The molecule has 42 heavy (non-hydrogen) atoms. The summed E-state index contributed by atoms with van der Waals surface area (Å²) in [7, 11) is -4.72. The molecule has 0 fully saturated rings. The summed E-state index contributed by atoms with van der Waals surface area (Å²) < 4.78 is 74.8. The van der Waals surface area contributed by atoms with E-state index in [-0.39, 0.29) is 11.3 Å². The van der Waals surface area contributed by atoms with E-state index in [1.165, 1.54) is 36.4 Å². The van der Waals surface area contributed by atoms with Crippen molar-refractivity contribution in [2.45, 2.75) is 30.3 Å². The van der Waals surface area contributed by atoms with Gasteiger partial charge in [-0.2, -0.15) is 0 Å². The van der Waals surface area contributed by atoms with Crippen molar-refractivity contribution in [2.75, 3.05) is 9.62 Å². The van der Waals surface area contributed by atoms with Crippen molar-refractivity contribution in [2.24, 2.45) is 0 Å². The van der Waals surface area contributed by atoms with Crippen LogP contribution in [0.1, 0.15) is 18.5 Å². The van der Waals surface area contributed by atoms with Crippen molar-refractivity contribution in [1.82, 2.24) is 0 Å². The molecule has 220 valence electrons. The molecule has 0 heterocycles. The summed E-state index contributed by atoms with van der Waals surface area (Å²) >= 11 is 6.68. The third-order valence-corrected chi connectivity index (χ3v) is 8.99. The molecule has 0 saturated heterocycles. The van der Waals surface area contributed by atoms with Crippen LogP contribution in [-0.2, 0) is 10.0 Å². The van der Waals surface area contributed by atoms with Gasteiger partial charge in [0.15, 0.2) is 4.90 Å². The van der Waals surface area contributed by atoms with Crippen LogP contribution in [0, 0.1) is 10.1 Å². The number of nitrogens with one attached hydrogen (secondary N) is 1. The van der Waals surface area contributed by atoms with Gasteiger partial charge in [-0.25, -0.2) is 8.42 Å². The molecule has 0 aliphatic rings. The molecule has 2 unspecified atom stereocenters. The van der Waals surface area contributed by atoms with E-state index < -0.39 is 49.7 Å². The Labute approximate surface area is 256 Å². The highest BCUT2D eigenvalue weighted by atomic mass is 79.9. The molecule has 8 nitrogen and oxygen atoms in total. The molecule has 0 saturated carbocycles. The smallest absolute Gasteiger partial charge is 0.406 e. The van der Waals surface area contributed by atoms with Crippen molar-refractivity contribution in [3.8, 4) is 5.75 Å². The van der Waals surface area contributed by atoms with Crippen molar-refractivity contribution in [1.29, 1.82) is 0 Å². The van der Waals surface area contributed by atoms with Gasteiger partial charge < -0.3 is 10.1 Å². The highest BCUT2D eigenvalue weighted by Gasteiger charge is 2.40. The quantitative estimate of drug-likeness (QED) is 0.130. The first-order valence-corrected chi connectivity index (χ1v) is 15.2. The fourth-order valence-electron chi connectivity index (χ4n) is 4.38. The zero-order valence-electron chi connectivity index (χ0n) is 21.6. The number of sulfonamides is 1. The van der Waals surface area contributed by atoms with E-state index in [1.54, 1.807) is 43.3 Å². The zero-order valence-corrected chi connectivity index (χ0v) is 25.6. The summed E-state index contributed by atoms with van der Waals surface area (Å²) in [5, 5.41) is 15.1. The van der Waals surface area contributed by atoms with Gasteiger partial charge in [-0.1, -0.05) is 56.1 Å². The number of rotatable bonds is 10. The molecule has 0 bridgehead atoms. The van der Waals surface area contributed by atoms with E-state index in [0.29, 0.717) is 10.2 Å². The summed E-state index contributed by atoms with van der Waals surface area (Å²) in [6.45, 7) is 1.66. The van der Waals surface area contributed by atoms with Crippen molar-refractivity contribution < 1.29 is 31.2 Å². The van der Waals surface area contributed by atoms with Gasteiger partial charge in [0.05, 0.1) is 16.7 Å². The van der Waals surface area contributed by atoms with E-state index in [9.17, 15) is 31.7 Å². The second-order valence-electron chi connectivity index (χ2n) is 9.01. The lowest BCUT2D eigenvalue weighted by Crippen LogP contribution is -2.43. The topological polar surface area (TPSA) is 102 Å². The van der Waals surface area contributed by atoms with Crippen LogP contribution in [0.5, 0.6) is 5.75 Å². The van der Waals surface area contributed by atoms with Crippen LogP contribution in [0.2, 0.25) is 0 Å². The molecule has 14 heteroatoms. The van der Waals surface area contributed by atoms with Crippen LogP contribution in [0.4, 0.5) is 30.2 Å². The average molecular weight is 729 g/mol. The number of nitrogens with zero attached hydrogens (tertiary/aromatic N) is 2. The number of hydrogen-bond acceptors (Lipinski definition) is 6. The van der Waals surface area contributed by atoms with Gasteiger partial charge >= 0.3 is 6.36 Å². The van der Waals surface area contributed by atoms with Crippen LogP contribution in [0.25, 0.3) is 0 Å². The lowest BCUT2D eigenvalue weighted by Gasteiger charge is -2.37. The first-order valence-electron chi connectivity index (χ1n) is 12.2. The minimum Gasteiger partial charge on any atom is -0.406 e. The van der Waals surface area contributed by atoms with Gasteiger partial charge in [0, 0.05) is 26.7 Å². The fraction of sp³-hybridized carbons (Fsp3) is 0.143. The Kier molecular flexibility index (Phi) is 9.48. The summed E-state index contributed by atoms with van der Waals surface area (Å²) in [4.78, 5) is 10.5. The first kappa shape index (κ1) is 31.3. The molecule has 0 aromatic heterocycles. The first-order chi connectivity index (χ1) is 19.8. The highest BCUT2D eigenvalue weighted by molar-refractivity contribution is 9.10. The summed E-state index contributed by atoms with van der Waals surface area (Å²) in [5.41, 5.74) is 0.199. The molecule has 0 aliphatic carbocycles. The Hall–Kier alpha value is -3.62. The highest BCUT2D eigenvalue weighted by Crippen LogP contribution is 2.40. The van der Waals surface area contributed by atoms with E-state index >= 15 is 0 Å². The molecule has 4 aromatic rings. The Morgan fingerprint density at radius 1 is 0.905 bits per heavy atom. The van der Waals surface area contributed by atoms with E-state index in [0.717, 1.165) is 33.0 Å². The fourth-order valence-corrected chi connectivity index (χ4v) is 6.78. The Balaban J connectivity index is 1.97. The maximum atomic E-state index is 14.4. The van der Waals surface area contributed by atoms with E-state index in [4.69, 9.17) is 0 Å². The molecule has 2 atom stereocenters. The van der Waals surface area contributed by atoms with Crippen LogP contribution < -0.4 is 14.4 Å². The number of nitro groups is 1. The Morgan fingerprint density at radius 2 is 1.50 bits per heavy atom. The van der Waals surface area contributed by atoms with Crippen molar-refractivity contribution >= 4 is 58.9 Å². The van der Waals surface area contributed by atoms with Gasteiger partial charge in [-0.3, -0.25) is 14.4 Å². The van der Waals surface area contributed by atoms with Gasteiger partial charge in [0.25, 0.3) is 15.7 Å². The molecular weight excluding hydrogens is 707 g/mol. The van der Waals surface area contributed by atoms with Gasteiger partial charge in [0.1, 0.15) is 5.75 Å². The predicted molar refractivity (Wildman–Crippen MR) is 160 cm³/mol. The third-order valence-electron chi connectivity index (χ3n) is 6.08. The number of hydrogen-bond donors (Lipinski definition) is 1. The van der Waals surface area contributed by atoms with Crippen molar-refractivity contribution in [3.63, 3.8) is 0 Å². The normalized spacial score (nSPS) is 13.2. The minimum absolute atomic E-state index is 0.118. The average Bonchev–Trinajstić information content (AvgIpc) is 2.92. The van der Waals surface area contributed by atoms with Gasteiger partial charge in [-0.15, -0.1) is 13.2 Å². The number of nitro benzene ring substituents is 1. The zero-order chi connectivity index (χ0) is 30.7. The van der Waals surface area contributed by atoms with Gasteiger partial charge in [-0.05, 0) is 79.2 Å². The number of benzene rings is 4. The second kappa shape index (κ2) is 12.7. The maximum Gasteiger partial charge on any atom is 0.573 e. The van der Waals surface area contributed by atoms with E-state index in [2.05, 4.69) is 41.9 Å². The Bertz CT molecular complexity index is 1670. The number of para-hydroxylation sites is 1. The van der Waals surface area contributed by atoms with Crippen molar-refractivity contribution in [3.05, 3.63) is 122 Å². The minimum atomic E-state index is -4.99. The molecule has 0 radical (unpaired) electrons. The monoisotopic (exact) mass is 727 g/mol. The van der Waals surface area contributed by atoms with Crippen LogP contribution in [0.15, 0.2) is 111 Å². The molecule has 0 spiro atoms. The lowest BCUT2D eigenvalue weighted by atomic mass is 9.99. The van der Waals surface area contributed by atoms with Gasteiger partial charge in [0.2, 0.25) is 0 Å². The Morgan fingerprint density at radius 3 is 2.10 bits per heavy atom. The largest absolute Gasteiger partial charge is 0.573 e. The summed E-state index contributed by atoms with van der Waals surface area (Å²) in [6, 6.07) is 21.0. The second-order valence-corrected chi connectivity index (χ2v) is 12.6. The van der Waals surface area contributed by atoms with Crippen LogP contribution in [0.3, 0.4) is 0 Å². The molecule has 0 aliphatic heterocycles. The molecule has 4 aromatic carbocycles. The standard InChI is InChI=1S/C28H22Br2F3N3O5S/c1-18(34-22-13-9-20(29)10-14-22)27(19-5-4-6-24(17-19)41-28(31,32)33)35(23-15-11-21(30)12-16-23)42(39,40)26-8-3-2-7-25(26)36(37)38/h2-18,27,34H,1H3. The molecule has 4 rings (SSSR count). The molecular formula is C28H22Br2F3N3O5S. The van der Waals surface area contributed by atoms with E-state index in [1.807, 2.05) is 0 Å². The number of ether oxygens (including phenoxy) is 1. The molecule has 1 N–H and O–H groups in total. The van der Waals surface area contributed by atoms with Crippen LogP contribution in [-0.4, -0.2) is 25.7 Å². The maximum absolute atomic E-state index is 14.4. The molecule has 0 amide bonds. The lowest BCUT2D eigenvalue weighted by molar-refractivity contribution is -0.387. The SMILES string of the molecule is CC(Nc1ccc(Br)cc1)C(c1cccc(OC(F)(F)F)c1)N(c1ccc(Br)cc1)S(=O)(=O)c1ccccc1[N+](=O)[O-]. The third kappa shape index (κ3) is 7.41. The summed E-state index contributed by atoms with van der Waals surface area (Å²) in [6.07, 6.45) is -4.99.